The van der Waals surface area contributed by atoms with Gasteiger partial charge in [-0.15, -0.1) is 0 Å². The van der Waals surface area contributed by atoms with Crippen molar-refractivity contribution in [1.29, 1.82) is 0 Å². The van der Waals surface area contributed by atoms with Gasteiger partial charge in [0.25, 0.3) is 0 Å². The van der Waals surface area contributed by atoms with E-state index in [1.165, 1.54) is 18.4 Å². The quantitative estimate of drug-likeness (QED) is 0.546. The van der Waals surface area contributed by atoms with E-state index in [1.807, 2.05) is 0 Å². The summed E-state index contributed by atoms with van der Waals surface area (Å²) < 4.78 is 0. The second-order valence-corrected chi connectivity index (χ2v) is 3.63. The summed E-state index contributed by atoms with van der Waals surface area (Å²) >= 11 is 0. The molecule has 13 heavy (non-hydrogen) atoms. The number of rotatable bonds is 7. The molecular formula is C12H22O. The Balaban J connectivity index is 3.53. The van der Waals surface area contributed by atoms with Crippen molar-refractivity contribution in [3.8, 4) is 0 Å². The normalized spacial score (nSPS) is 11.8. The minimum absolute atomic E-state index is 0.406. The van der Waals surface area contributed by atoms with E-state index in [0.29, 0.717) is 5.78 Å². The summed E-state index contributed by atoms with van der Waals surface area (Å²) in [6.45, 7) is 6.38. The Morgan fingerprint density at radius 3 is 2.23 bits per heavy atom. The highest BCUT2D eigenvalue weighted by Crippen LogP contribution is 2.06. The molecule has 0 saturated heterocycles. The van der Waals surface area contributed by atoms with E-state index in [2.05, 4.69) is 26.8 Å². The Morgan fingerprint density at radius 1 is 1.08 bits per heavy atom. The van der Waals surface area contributed by atoms with Crippen molar-refractivity contribution in [2.45, 2.75) is 59.3 Å². The molecular weight excluding hydrogens is 160 g/mol. The molecule has 0 spiro atoms. The van der Waals surface area contributed by atoms with E-state index in [0.717, 1.165) is 25.7 Å². The van der Waals surface area contributed by atoms with Gasteiger partial charge in [-0.2, -0.15) is 0 Å². The van der Waals surface area contributed by atoms with Crippen LogP contribution in [0, 0.1) is 0 Å². The first-order valence-electron chi connectivity index (χ1n) is 5.38. The second kappa shape index (κ2) is 8.03. The average Bonchev–Trinajstić information content (AvgIpc) is 2.05. The van der Waals surface area contributed by atoms with Crippen molar-refractivity contribution in [3.05, 3.63) is 11.6 Å². The Morgan fingerprint density at radius 2 is 1.69 bits per heavy atom. The Kier molecular flexibility index (Phi) is 7.66. The predicted octanol–water partition coefficient (Wildman–Crippen LogP) is 3.88. The largest absolute Gasteiger partial charge is 0.300 e. The van der Waals surface area contributed by atoms with E-state index in [9.17, 15) is 4.79 Å². The molecule has 0 aliphatic carbocycles. The Hall–Kier alpha value is -0.590. The van der Waals surface area contributed by atoms with E-state index >= 15 is 0 Å². The molecule has 76 valence electrons. The summed E-state index contributed by atoms with van der Waals surface area (Å²) in [5.74, 6) is 0.406. The maximum atomic E-state index is 11.2. The molecule has 0 rings (SSSR count). The standard InChI is InChI=1S/C12H22O/c1-4-7-11(3)9-6-10-12(13)8-5-2/h9H,4-8,10H2,1-3H3. The van der Waals surface area contributed by atoms with Crippen LogP contribution in [0.25, 0.3) is 0 Å². The van der Waals surface area contributed by atoms with Crippen LogP contribution in [0.5, 0.6) is 0 Å². The van der Waals surface area contributed by atoms with Gasteiger partial charge >= 0.3 is 0 Å². The lowest BCUT2D eigenvalue weighted by molar-refractivity contribution is -0.119. The topological polar surface area (TPSA) is 17.1 Å². The molecule has 0 amide bonds. The zero-order valence-electron chi connectivity index (χ0n) is 9.23. The van der Waals surface area contributed by atoms with Crippen molar-refractivity contribution >= 4 is 5.78 Å². The van der Waals surface area contributed by atoms with Crippen LogP contribution >= 0.6 is 0 Å². The minimum atomic E-state index is 0.406. The summed E-state index contributed by atoms with van der Waals surface area (Å²) in [5.41, 5.74) is 1.42. The van der Waals surface area contributed by atoms with Crippen LogP contribution in [0.2, 0.25) is 0 Å². The fourth-order valence-corrected chi connectivity index (χ4v) is 1.38. The van der Waals surface area contributed by atoms with Crippen molar-refractivity contribution in [3.63, 3.8) is 0 Å². The highest BCUT2D eigenvalue weighted by atomic mass is 16.1. The molecule has 1 nitrogen and oxygen atoms in total. The average molecular weight is 182 g/mol. The van der Waals surface area contributed by atoms with Gasteiger partial charge in [0.15, 0.2) is 0 Å². The molecule has 0 atom stereocenters. The first-order chi connectivity index (χ1) is 6.20. The van der Waals surface area contributed by atoms with Gasteiger partial charge in [0.2, 0.25) is 0 Å². The monoisotopic (exact) mass is 182 g/mol. The number of allylic oxidation sites excluding steroid dienone is 2. The van der Waals surface area contributed by atoms with E-state index in [-0.39, 0.29) is 0 Å². The van der Waals surface area contributed by atoms with Crippen LogP contribution in [-0.4, -0.2) is 5.78 Å². The number of carbonyl (C=O) groups excluding carboxylic acids is 1. The highest BCUT2D eigenvalue weighted by Gasteiger charge is 1.97. The molecule has 0 saturated carbocycles. The molecule has 0 aliphatic heterocycles. The summed E-state index contributed by atoms with van der Waals surface area (Å²) in [5, 5.41) is 0. The van der Waals surface area contributed by atoms with Crippen LogP contribution in [0.4, 0.5) is 0 Å². The predicted molar refractivity (Wildman–Crippen MR) is 57.8 cm³/mol. The summed E-state index contributed by atoms with van der Waals surface area (Å²) in [7, 11) is 0. The molecule has 0 radical (unpaired) electrons. The first kappa shape index (κ1) is 12.4. The first-order valence-corrected chi connectivity index (χ1v) is 5.38. The maximum absolute atomic E-state index is 11.2. The zero-order valence-corrected chi connectivity index (χ0v) is 9.23. The van der Waals surface area contributed by atoms with Crippen LogP contribution in [0.1, 0.15) is 59.3 Å². The van der Waals surface area contributed by atoms with Gasteiger partial charge in [-0.05, 0) is 26.2 Å². The number of hydrogen-bond acceptors (Lipinski definition) is 1. The third kappa shape index (κ3) is 7.76. The number of Topliss-reactive ketones (excluding diaryl/α,β-unsaturated/α-hetero) is 1. The van der Waals surface area contributed by atoms with E-state index < -0.39 is 0 Å². The van der Waals surface area contributed by atoms with Gasteiger partial charge in [0.1, 0.15) is 5.78 Å². The molecule has 0 bridgehead atoms. The summed E-state index contributed by atoms with van der Waals surface area (Å²) in [4.78, 5) is 11.2. The third-order valence-corrected chi connectivity index (χ3v) is 2.09. The molecule has 0 fully saturated rings. The molecule has 0 aromatic rings. The van der Waals surface area contributed by atoms with Gasteiger partial charge in [-0.3, -0.25) is 4.79 Å². The highest BCUT2D eigenvalue weighted by molar-refractivity contribution is 5.78. The lowest BCUT2D eigenvalue weighted by Crippen LogP contribution is -1.95. The molecule has 0 aliphatic rings. The van der Waals surface area contributed by atoms with Gasteiger partial charge in [0.05, 0.1) is 0 Å². The van der Waals surface area contributed by atoms with Gasteiger partial charge in [-0.25, -0.2) is 0 Å². The van der Waals surface area contributed by atoms with Gasteiger partial charge in [-0.1, -0.05) is 31.9 Å². The second-order valence-electron chi connectivity index (χ2n) is 3.63. The van der Waals surface area contributed by atoms with E-state index in [4.69, 9.17) is 0 Å². The SMILES string of the molecule is CCCC(=O)CCC=C(C)CCC. The van der Waals surface area contributed by atoms with Crippen LogP contribution in [-0.2, 0) is 4.79 Å². The van der Waals surface area contributed by atoms with Gasteiger partial charge < -0.3 is 0 Å². The van der Waals surface area contributed by atoms with Crippen molar-refractivity contribution in [1.82, 2.24) is 0 Å². The van der Waals surface area contributed by atoms with Crippen LogP contribution in [0.15, 0.2) is 11.6 Å². The number of carbonyl (C=O) groups is 1. The maximum Gasteiger partial charge on any atom is 0.133 e. The Labute approximate surface area is 82.2 Å². The number of hydrogen-bond donors (Lipinski definition) is 0. The molecule has 0 aromatic carbocycles. The smallest absolute Gasteiger partial charge is 0.133 e. The fraction of sp³-hybridized carbons (Fsp3) is 0.750. The lowest BCUT2D eigenvalue weighted by Gasteiger charge is -1.98. The zero-order chi connectivity index (χ0) is 10.1. The van der Waals surface area contributed by atoms with Crippen LogP contribution in [0.3, 0.4) is 0 Å². The van der Waals surface area contributed by atoms with Gasteiger partial charge in [0, 0.05) is 12.8 Å². The molecule has 0 heterocycles. The molecule has 0 unspecified atom stereocenters. The molecule has 0 aromatic heterocycles. The number of ketones is 1. The fourth-order valence-electron chi connectivity index (χ4n) is 1.38. The molecule has 1 heteroatoms. The Bertz CT molecular complexity index is 168. The summed E-state index contributed by atoms with van der Waals surface area (Å²) in [6.07, 6.45) is 7.97. The third-order valence-electron chi connectivity index (χ3n) is 2.09. The molecule has 0 N–H and O–H groups in total. The van der Waals surface area contributed by atoms with Crippen LogP contribution < -0.4 is 0 Å². The lowest BCUT2D eigenvalue weighted by atomic mass is 10.1. The van der Waals surface area contributed by atoms with Crippen molar-refractivity contribution in [2.75, 3.05) is 0 Å². The minimum Gasteiger partial charge on any atom is -0.300 e. The van der Waals surface area contributed by atoms with E-state index in [1.54, 1.807) is 0 Å². The van der Waals surface area contributed by atoms with Crippen molar-refractivity contribution in [2.24, 2.45) is 0 Å². The summed E-state index contributed by atoms with van der Waals surface area (Å²) in [6, 6.07) is 0. The van der Waals surface area contributed by atoms with Crippen molar-refractivity contribution < 1.29 is 4.79 Å².